The lowest BCUT2D eigenvalue weighted by molar-refractivity contribution is -0.388. The average Bonchev–Trinajstić information content (AvgIpc) is 3.03. The predicted molar refractivity (Wildman–Crippen MR) is 85.5 cm³/mol. The lowest BCUT2D eigenvalue weighted by Crippen LogP contribution is -2.34. The first-order valence-electron chi connectivity index (χ1n) is 7.73. The molecule has 2 aliphatic rings. The molecule has 0 radical (unpaired) electrons. The van der Waals surface area contributed by atoms with Gasteiger partial charge in [-0.25, -0.2) is 8.42 Å². The Hall–Kier alpha value is -1.51. The highest BCUT2D eigenvalue weighted by Gasteiger charge is 2.46. The summed E-state index contributed by atoms with van der Waals surface area (Å²) in [7, 11) is -3.90. The zero-order valence-electron chi connectivity index (χ0n) is 13.2. The summed E-state index contributed by atoms with van der Waals surface area (Å²) >= 11 is 0. The number of aryl methyl sites for hydroxylation is 2. The standard InChI is InChI=1S/C15H21N3O4S/c1-9-3-4-10(2)15(14(9)18(19)20)23(21,22)17-7-11-5-6-13(16)12(11)8-17/h3-4,11-13H,5-8,16H2,1-2H3. The van der Waals surface area contributed by atoms with Crippen molar-refractivity contribution < 1.29 is 13.3 Å². The number of sulfonamides is 1. The lowest BCUT2D eigenvalue weighted by atomic mass is 9.98. The third-order valence-corrected chi connectivity index (χ3v) is 7.20. The van der Waals surface area contributed by atoms with Crippen molar-refractivity contribution >= 4 is 15.7 Å². The fraction of sp³-hybridized carbons (Fsp3) is 0.600. The minimum atomic E-state index is -3.90. The molecule has 2 N–H and O–H groups in total. The molecule has 3 atom stereocenters. The van der Waals surface area contributed by atoms with Crippen molar-refractivity contribution in [3.05, 3.63) is 33.4 Å². The summed E-state index contributed by atoms with van der Waals surface area (Å²) in [4.78, 5) is 10.6. The molecule has 0 aromatic heterocycles. The normalized spacial score (nSPS) is 28.0. The van der Waals surface area contributed by atoms with Gasteiger partial charge in [0.15, 0.2) is 4.90 Å². The van der Waals surface area contributed by atoms with Gasteiger partial charge < -0.3 is 5.73 Å². The van der Waals surface area contributed by atoms with Crippen LogP contribution in [0, 0.1) is 35.8 Å². The maximum absolute atomic E-state index is 13.1. The second-order valence-corrected chi connectivity index (χ2v) is 8.50. The maximum atomic E-state index is 13.1. The van der Waals surface area contributed by atoms with E-state index >= 15 is 0 Å². The molecule has 0 bridgehead atoms. The van der Waals surface area contributed by atoms with E-state index in [1.54, 1.807) is 26.0 Å². The van der Waals surface area contributed by atoms with Crippen molar-refractivity contribution in [3.8, 4) is 0 Å². The van der Waals surface area contributed by atoms with E-state index in [2.05, 4.69) is 0 Å². The van der Waals surface area contributed by atoms with E-state index in [1.165, 1.54) is 4.31 Å². The number of nitrogens with two attached hydrogens (primary N) is 1. The SMILES string of the molecule is Cc1ccc(C)c(S(=O)(=O)N2CC3CCC(N)C3C2)c1[N+](=O)[O-]. The molecule has 23 heavy (non-hydrogen) atoms. The molecule has 0 spiro atoms. The Labute approximate surface area is 135 Å². The van der Waals surface area contributed by atoms with Gasteiger partial charge in [0.2, 0.25) is 10.0 Å². The molecule has 3 rings (SSSR count). The Bertz CT molecular complexity index is 762. The number of hydrogen-bond acceptors (Lipinski definition) is 5. The second kappa shape index (κ2) is 5.54. The number of nitro groups is 1. The Balaban J connectivity index is 2.05. The Morgan fingerprint density at radius 1 is 1.22 bits per heavy atom. The third-order valence-electron chi connectivity index (χ3n) is 5.19. The molecule has 2 fully saturated rings. The minimum Gasteiger partial charge on any atom is -0.327 e. The zero-order chi connectivity index (χ0) is 16.9. The van der Waals surface area contributed by atoms with Gasteiger partial charge in [0.25, 0.3) is 5.69 Å². The van der Waals surface area contributed by atoms with Crippen LogP contribution >= 0.6 is 0 Å². The van der Waals surface area contributed by atoms with E-state index in [-0.39, 0.29) is 28.5 Å². The molecule has 1 aliphatic heterocycles. The monoisotopic (exact) mass is 339 g/mol. The first-order chi connectivity index (χ1) is 10.7. The molecule has 8 heteroatoms. The quantitative estimate of drug-likeness (QED) is 0.664. The number of benzene rings is 1. The van der Waals surface area contributed by atoms with Crippen LogP contribution in [0.4, 0.5) is 5.69 Å². The van der Waals surface area contributed by atoms with Gasteiger partial charge in [-0.1, -0.05) is 12.1 Å². The summed E-state index contributed by atoms with van der Waals surface area (Å²) in [6, 6.07) is 3.23. The van der Waals surface area contributed by atoms with Crippen LogP contribution in [-0.2, 0) is 10.0 Å². The van der Waals surface area contributed by atoms with E-state index in [0.717, 1.165) is 12.8 Å². The number of nitro benzene ring substituents is 1. The van der Waals surface area contributed by atoms with E-state index < -0.39 is 14.9 Å². The van der Waals surface area contributed by atoms with Gasteiger partial charge in [0, 0.05) is 24.7 Å². The van der Waals surface area contributed by atoms with Gasteiger partial charge in [-0.2, -0.15) is 4.31 Å². The Morgan fingerprint density at radius 3 is 2.48 bits per heavy atom. The molecule has 1 aromatic rings. The molecular weight excluding hydrogens is 318 g/mol. The number of fused-ring (bicyclic) bond motifs is 1. The number of rotatable bonds is 3. The molecule has 7 nitrogen and oxygen atoms in total. The van der Waals surface area contributed by atoms with Crippen molar-refractivity contribution in [2.75, 3.05) is 13.1 Å². The summed E-state index contributed by atoms with van der Waals surface area (Å²) < 4.78 is 27.5. The molecular formula is C15H21N3O4S. The smallest absolute Gasteiger partial charge is 0.292 e. The van der Waals surface area contributed by atoms with Crippen LogP contribution in [0.1, 0.15) is 24.0 Å². The summed E-state index contributed by atoms with van der Waals surface area (Å²) in [6.45, 7) is 3.93. The molecule has 1 aromatic carbocycles. The molecule has 1 aliphatic carbocycles. The van der Waals surface area contributed by atoms with Crippen LogP contribution in [0.15, 0.2) is 17.0 Å². The van der Waals surface area contributed by atoms with Crippen LogP contribution in [0.25, 0.3) is 0 Å². The lowest BCUT2D eigenvalue weighted by Gasteiger charge is -2.20. The van der Waals surface area contributed by atoms with E-state index in [1.807, 2.05) is 0 Å². The molecule has 0 amide bonds. The molecule has 1 heterocycles. The van der Waals surface area contributed by atoms with Crippen molar-refractivity contribution in [1.82, 2.24) is 4.31 Å². The van der Waals surface area contributed by atoms with E-state index in [0.29, 0.717) is 24.2 Å². The third kappa shape index (κ3) is 2.54. The van der Waals surface area contributed by atoms with Crippen molar-refractivity contribution in [3.63, 3.8) is 0 Å². The fourth-order valence-corrected chi connectivity index (χ4v) is 5.88. The van der Waals surface area contributed by atoms with Crippen molar-refractivity contribution in [1.29, 1.82) is 0 Å². The second-order valence-electron chi connectivity index (χ2n) is 6.62. The summed E-state index contributed by atoms with van der Waals surface area (Å²) in [5, 5.41) is 11.4. The van der Waals surface area contributed by atoms with Crippen LogP contribution in [0.5, 0.6) is 0 Å². The summed E-state index contributed by atoms with van der Waals surface area (Å²) in [5.41, 5.74) is 6.52. The largest absolute Gasteiger partial charge is 0.327 e. The first kappa shape index (κ1) is 16.4. The first-order valence-corrected chi connectivity index (χ1v) is 9.17. The highest BCUT2D eigenvalue weighted by Crippen LogP contribution is 2.41. The fourth-order valence-electron chi connectivity index (χ4n) is 3.91. The average molecular weight is 339 g/mol. The van der Waals surface area contributed by atoms with Crippen molar-refractivity contribution in [2.24, 2.45) is 17.6 Å². The zero-order valence-corrected chi connectivity index (χ0v) is 14.0. The van der Waals surface area contributed by atoms with Gasteiger partial charge in [-0.15, -0.1) is 0 Å². The number of nitrogens with zero attached hydrogens (tertiary/aromatic N) is 2. The van der Waals surface area contributed by atoms with Crippen LogP contribution in [0.3, 0.4) is 0 Å². The molecule has 126 valence electrons. The highest BCUT2D eigenvalue weighted by atomic mass is 32.2. The minimum absolute atomic E-state index is 0.0220. The van der Waals surface area contributed by atoms with Gasteiger partial charge >= 0.3 is 0 Å². The van der Waals surface area contributed by atoms with E-state index in [4.69, 9.17) is 5.73 Å². The molecule has 1 saturated heterocycles. The number of hydrogen-bond donors (Lipinski definition) is 1. The van der Waals surface area contributed by atoms with Gasteiger partial charge in [-0.3, -0.25) is 10.1 Å². The Morgan fingerprint density at radius 2 is 1.87 bits per heavy atom. The highest BCUT2D eigenvalue weighted by molar-refractivity contribution is 7.89. The van der Waals surface area contributed by atoms with Crippen LogP contribution in [0.2, 0.25) is 0 Å². The van der Waals surface area contributed by atoms with Crippen molar-refractivity contribution in [2.45, 2.75) is 37.6 Å². The Kier molecular flexibility index (Phi) is 3.94. The van der Waals surface area contributed by atoms with Gasteiger partial charge in [0.05, 0.1) is 4.92 Å². The molecule has 3 unspecified atom stereocenters. The summed E-state index contributed by atoms with van der Waals surface area (Å²) in [6.07, 6.45) is 1.85. The summed E-state index contributed by atoms with van der Waals surface area (Å²) in [5.74, 6) is 0.429. The van der Waals surface area contributed by atoms with E-state index in [9.17, 15) is 18.5 Å². The topological polar surface area (TPSA) is 107 Å². The maximum Gasteiger partial charge on any atom is 0.292 e. The predicted octanol–water partition coefficient (Wildman–Crippen LogP) is 1.57. The van der Waals surface area contributed by atoms with Gasteiger partial charge in [-0.05, 0) is 44.1 Å². The van der Waals surface area contributed by atoms with Crippen LogP contribution in [-0.4, -0.2) is 36.8 Å². The van der Waals surface area contributed by atoms with Gasteiger partial charge in [0.1, 0.15) is 0 Å². The molecule has 1 saturated carbocycles. The van der Waals surface area contributed by atoms with Crippen LogP contribution < -0.4 is 5.73 Å².